The molecule has 0 saturated carbocycles. The lowest BCUT2D eigenvalue weighted by Gasteiger charge is -2.22. The van der Waals surface area contributed by atoms with E-state index >= 15 is 0 Å². The van der Waals surface area contributed by atoms with Crippen LogP contribution in [0, 0.1) is 0 Å². The van der Waals surface area contributed by atoms with Crippen molar-refractivity contribution in [3.8, 4) is 0 Å². The van der Waals surface area contributed by atoms with Crippen LogP contribution in [0.5, 0.6) is 0 Å². The number of nitrogens with zero attached hydrogens (tertiary/aromatic N) is 1. The predicted molar refractivity (Wildman–Crippen MR) is 126 cm³/mol. The van der Waals surface area contributed by atoms with E-state index in [-0.39, 0.29) is 5.91 Å². The molecule has 0 atom stereocenters. The molecule has 1 amide bonds. The molecular weight excluding hydrogens is 360 g/mol. The third kappa shape index (κ3) is 25.4. The van der Waals surface area contributed by atoms with E-state index in [0.717, 1.165) is 13.0 Å². The Morgan fingerprint density at radius 2 is 1.07 bits per heavy atom. The van der Waals surface area contributed by atoms with E-state index in [4.69, 9.17) is 4.74 Å². The largest absolute Gasteiger partial charge is 0.380 e. The summed E-state index contributed by atoms with van der Waals surface area (Å²) in [5.74, 6) is 0.100. The highest BCUT2D eigenvalue weighted by molar-refractivity contribution is 5.76. The van der Waals surface area contributed by atoms with Gasteiger partial charge in [-0.1, -0.05) is 103 Å². The summed E-state index contributed by atoms with van der Waals surface area (Å²) in [5, 5.41) is 2.92. The molecule has 4 heteroatoms. The summed E-state index contributed by atoms with van der Waals surface area (Å²) in [6.07, 6.45) is 22.3. The summed E-state index contributed by atoms with van der Waals surface area (Å²) in [7, 11) is 6.06. The summed E-state index contributed by atoms with van der Waals surface area (Å²) < 4.78 is 6.27. The molecule has 0 radical (unpaired) electrons. The van der Waals surface area contributed by atoms with Gasteiger partial charge in [0, 0.05) is 13.2 Å². The first-order valence-corrected chi connectivity index (χ1v) is 12.6. The van der Waals surface area contributed by atoms with Crippen LogP contribution in [0.2, 0.25) is 0 Å². The van der Waals surface area contributed by atoms with Gasteiger partial charge in [0.05, 0.1) is 27.7 Å². The van der Waals surface area contributed by atoms with Crippen LogP contribution in [0.25, 0.3) is 0 Å². The number of likely N-dealkylation sites (N-methyl/N-ethyl adjacent to an activating group) is 1. The van der Waals surface area contributed by atoms with Gasteiger partial charge < -0.3 is 14.5 Å². The van der Waals surface area contributed by atoms with Crippen molar-refractivity contribution >= 4 is 5.91 Å². The average molecular weight is 414 g/mol. The quantitative estimate of drug-likeness (QED) is 0.172. The van der Waals surface area contributed by atoms with E-state index in [2.05, 4.69) is 12.2 Å². The van der Waals surface area contributed by atoms with Crippen LogP contribution in [0.1, 0.15) is 110 Å². The van der Waals surface area contributed by atoms with Gasteiger partial charge in [-0.15, -0.1) is 0 Å². The zero-order valence-corrected chi connectivity index (χ0v) is 20.4. The Kier molecular flexibility index (Phi) is 20.2. The maximum absolute atomic E-state index is 11.7. The monoisotopic (exact) mass is 413 g/mol. The van der Waals surface area contributed by atoms with E-state index in [9.17, 15) is 4.79 Å². The zero-order valence-electron chi connectivity index (χ0n) is 20.4. The second-order valence-electron chi connectivity index (χ2n) is 9.71. The number of hydrogen-bond acceptors (Lipinski definition) is 2. The van der Waals surface area contributed by atoms with Gasteiger partial charge in [0.25, 0.3) is 5.91 Å². The number of amides is 1. The number of rotatable bonds is 22. The highest BCUT2D eigenvalue weighted by Gasteiger charge is 2.13. The molecule has 4 nitrogen and oxygen atoms in total. The number of unbranched alkanes of at least 4 members (excludes halogenated alkanes) is 15. The maximum atomic E-state index is 11.7. The van der Waals surface area contributed by atoms with Crippen LogP contribution in [0.4, 0.5) is 0 Å². The van der Waals surface area contributed by atoms with E-state index < -0.39 is 0 Å². The lowest BCUT2D eigenvalue weighted by Crippen LogP contribution is -2.44. The highest BCUT2D eigenvalue weighted by Crippen LogP contribution is 2.13. The minimum Gasteiger partial charge on any atom is -0.380 e. The Morgan fingerprint density at radius 1 is 0.655 bits per heavy atom. The Bertz CT molecular complexity index is 353. The summed E-state index contributed by atoms with van der Waals surface area (Å²) >= 11 is 0. The van der Waals surface area contributed by atoms with Gasteiger partial charge >= 0.3 is 0 Å². The first kappa shape index (κ1) is 28.4. The Balaban J connectivity index is 3.11. The van der Waals surface area contributed by atoms with E-state index in [1.165, 1.54) is 96.3 Å². The van der Waals surface area contributed by atoms with Crippen LogP contribution in [0.3, 0.4) is 0 Å². The normalized spacial score (nSPS) is 11.7. The van der Waals surface area contributed by atoms with Crippen molar-refractivity contribution in [2.24, 2.45) is 0 Å². The van der Waals surface area contributed by atoms with Crippen LogP contribution < -0.4 is 5.32 Å². The lowest BCUT2D eigenvalue weighted by atomic mass is 10.0. The zero-order chi connectivity index (χ0) is 21.6. The van der Waals surface area contributed by atoms with Crippen molar-refractivity contribution in [1.82, 2.24) is 5.32 Å². The van der Waals surface area contributed by atoms with E-state index in [1.54, 1.807) is 0 Å². The number of carbonyl (C=O) groups excluding carboxylic acids is 1. The third-order valence-electron chi connectivity index (χ3n) is 5.33. The third-order valence-corrected chi connectivity index (χ3v) is 5.33. The van der Waals surface area contributed by atoms with Gasteiger partial charge in [-0.25, -0.2) is 0 Å². The fraction of sp³-hybridized carbons (Fsp3) is 0.960. The highest BCUT2D eigenvalue weighted by atomic mass is 16.5. The molecule has 0 rings (SSSR count). The second kappa shape index (κ2) is 20.7. The van der Waals surface area contributed by atoms with Gasteiger partial charge in [0.2, 0.25) is 0 Å². The van der Waals surface area contributed by atoms with Crippen molar-refractivity contribution in [3.05, 3.63) is 0 Å². The minimum absolute atomic E-state index is 0.100. The van der Waals surface area contributed by atoms with Crippen molar-refractivity contribution in [1.29, 1.82) is 0 Å². The molecule has 0 aromatic rings. The molecule has 0 spiro atoms. The molecule has 0 bridgehead atoms. The van der Waals surface area contributed by atoms with Crippen molar-refractivity contribution < 1.29 is 14.0 Å². The van der Waals surface area contributed by atoms with Crippen molar-refractivity contribution in [3.63, 3.8) is 0 Å². The number of hydrogen-bond donors (Lipinski definition) is 1. The molecule has 0 unspecified atom stereocenters. The van der Waals surface area contributed by atoms with E-state index in [0.29, 0.717) is 24.2 Å². The smallest absolute Gasteiger partial charge is 0.275 e. The molecule has 0 aliphatic heterocycles. The number of quaternary nitrogens is 1. The van der Waals surface area contributed by atoms with Crippen LogP contribution in [-0.2, 0) is 9.53 Å². The summed E-state index contributed by atoms with van der Waals surface area (Å²) in [4.78, 5) is 11.7. The van der Waals surface area contributed by atoms with Gasteiger partial charge in [0.1, 0.15) is 0 Å². The summed E-state index contributed by atoms with van der Waals surface area (Å²) in [6, 6.07) is 0. The van der Waals surface area contributed by atoms with Gasteiger partial charge in [-0.2, -0.15) is 0 Å². The predicted octanol–water partition coefficient (Wildman–Crippen LogP) is 6.09. The van der Waals surface area contributed by atoms with Crippen molar-refractivity contribution in [2.75, 3.05) is 47.4 Å². The average Bonchev–Trinajstić information content (AvgIpc) is 2.65. The number of nitrogens with one attached hydrogen (secondary N) is 1. The maximum Gasteiger partial charge on any atom is 0.275 e. The second-order valence-corrected chi connectivity index (χ2v) is 9.71. The summed E-state index contributed by atoms with van der Waals surface area (Å²) in [5.41, 5.74) is 0. The molecule has 1 N–H and O–H groups in total. The first-order chi connectivity index (χ1) is 14.0. The van der Waals surface area contributed by atoms with Crippen LogP contribution >= 0.6 is 0 Å². The standard InChI is InChI=1S/C25H52N2O2/c1-5-6-7-8-9-10-11-12-13-14-15-16-17-18-19-20-22-29-23-21-26-25(28)24-27(2,3)4/h5-24H2,1-4H3/p+1. The SMILES string of the molecule is CCCCCCCCCCCCCCCCCCOCCNC(=O)C[N+](C)(C)C. The first-order valence-electron chi connectivity index (χ1n) is 12.6. The Hall–Kier alpha value is -0.610. The fourth-order valence-corrected chi connectivity index (χ4v) is 3.60. The minimum atomic E-state index is 0.100. The number of carbonyl (C=O) groups is 1. The van der Waals surface area contributed by atoms with Gasteiger partial charge in [-0.3, -0.25) is 4.79 Å². The van der Waals surface area contributed by atoms with E-state index in [1.807, 2.05) is 21.1 Å². The van der Waals surface area contributed by atoms with Crippen LogP contribution in [0.15, 0.2) is 0 Å². The van der Waals surface area contributed by atoms with Crippen LogP contribution in [-0.4, -0.2) is 57.8 Å². The molecule has 0 aromatic heterocycles. The summed E-state index contributed by atoms with van der Waals surface area (Å²) in [6.45, 7) is 4.87. The van der Waals surface area contributed by atoms with Gasteiger partial charge in [-0.05, 0) is 6.42 Å². The number of ether oxygens (including phenoxy) is 1. The molecular formula is C25H53N2O2+. The Morgan fingerprint density at radius 3 is 1.48 bits per heavy atom. The molecule has 0 saturated heterocycles. The molecule has 0 heterocycles. The Labute approximate surface area is 182 Å². The molecule has 174 valence electrons. The van der Waals surface area contributed by atoms with Crippen molar-refractivity contribution in [2.45, 2.75) is 110 Å². The van der Waals surface area contributed by atoms with Gasteiger partial charge in [0.15, 0.2) is 6.54 Å². The molecule has 29 heavy (non-hydrogen) atoms. The fourth-order valence-electron chi connectivity index (χ4n) is 3.60. The lowest BCUT2D eigenvalue weighted by molar-refractivity contribution is -0.862. The molecule has 0 fully saturated rings. The molecule has 0 aliphatic carbocycles. The molecule has 0 aliphatic rings. The topological polar surface area (TPSA) is 38.3 Å². The molecule has 0 aromatic carbocycles.